The van der Waals surface area contributed by atoms with E-state index in [4.69, 9.17) is 4.74 Å². The van der Waals surface area contributed by atoms with Crippen LogP contribution in [-0.4, -0.2) is 35.4 Å². The van der Waals surface area contributed by atoms with Gasteiger partial charge in [0.15, 0.2) is 6.61 Å². The molecule has 1 N–H and O–H groups in total. The molecule has 3 rings (SSSR count). The van der Waals surface area contributed by atoms with Crippen molar-refractivity contribution < 1.29 is 14.3 Å². The Bertz CT molecular complexity index is 1140. The van der Waals surface area contributed by atoms with E-state index in [-0.39, 0.29) is 24.5 Å². The SMILES string of the molecule is CC[C@H](C)NC(=O)[C@H](C)N(Cc1cccc(Br)c1)C(=O)COc1ccc2ccccc2c1Br. The van der Waals surface area contributed by atoms with Crippen LogP contribution < -0.4 is 10.1 Å². The normalized spacial score (nSPS) is 12.8. The maximum atomic E-state index is 13.3. The summed E-state index contributed by atoms with van der Waals surface area (Å²) in [6.45, 7) is 5.84. The number of hydrogen-bond donors (Lipinski definition) is 1. The minimum atomic E-state index is -0.644. The molecule has 174 valence electrons. The quantitative estimate of drug-likeness (QED) is 0.336. The Hall–Kier alpha value is -2.38. The lowest BCUT2D eigenvalue weighted by Gasteiger charge is -2.29. The number of carbonyl (C=O) groups excluding carboxylic acids is 2. The fraction of sp³-hybridized carbons (Fsp3) is 0.308. The van der Waals surface area contributed by atoms with E-state index in [0.717, 1.165) is 31.7 Å². The minimum absolute atomic E-state index is 0.0348. The number of benzene rings is 3. The Kier molecular flexibility index (Phi) is 8.92. The predicted octanol–water partition coefficient (Wildman–Crippen LogP) is 6.08. The molecule has 0 aromatic heterocycles. The van der Waals surface area contributed by atoms with Crippen LogP contribution in [0.25, 0.3) is 10.8 Å². The van der Waals surface area contributed by atoms with E-state index < -0.39 is 6.04 Å². The zero-order valence-electron chi connectivity index (χ0n) is 19.0. The first-order chi connectivity index (χ1) is 15.8. The standard InChI is InChI=1S/C26H28Br2N2O3/c1-4-17(2)29-26(32)18(3)30(15-19-8-7-10-21(27)14-19)24(31)16-33-23-13-12-20-9-5-6-11-22(20)25(23)28/h5-14,17-18H,4,15-16H2,1-3H3,(H,29,32)/t17-,18-/m0/s1. The van der Waals surface area contributed by atoms with Crippen LogP contribution in [0.3, 0.4) is 0 Å². The highest BCUT2D eigenvalue weighted by molar-refractivity contribution is 9.11. The van der Waals surface area contributed by atoms with Crippen molar-refractivity contribution in [3.8, 4) is 5.75 Å². The topological polar surface area (TPSA) is 58.6 Å². The molecule has 3 aromatic carbocycles. The molecule has 0 unspecified atom stereocenters. The first-order valence-corrected chi connectivity index (χ1v) is 12.5. The lowest BCUT2D eigenvalue weighted by Crippen LogP contribution is -2.50. The van der Waals surface area contributed by atoms with Crippen molar-refractivity contribution in [2.45, 2.75) is 45.8 Å². The molecule has 5 nitrogen and oxygen atoms in total. The third kappa shape index (κ3) is 6.58. The van der Waals surface area contributed by atoms with E-state index in [1.165, 1.54) is 0 Å². The van der Waals surface area contributed by atoms with Gasteiger partial charge in [-0.25, -0.2) is 0 Å². The van der Waals surface area contributed by atoms with Gasteiger partial charge in [-0.2, -0.15) is 0 Å². The molecule has 2 amide bonds. The van der Waals surface area contributed by atoms with Crippen molar-refractivity contribution in [1.82, 2.24) is 10.2 Å². The number of amides is 2. The summed E-state index contributed by atoms with van der Waals surface area (Å²) >= 11 is 7.07. The predicted molar refractivity (Wildman–Crippen MR) is 139 cm³/mol. The van der Waals surface area contributed by atoms with Crippen LogP contribution in [0.4, 0.5) is 0 Å². The Morgan fingerprint density at radius 3 is 2.52 bits per heavy atom. The molecule has 0 aliphatic rings. The summed E-state index contributed by atoms with van der Waals surface area (Å²) in [6.07, 6.45) is 0.817. The van der Waals surface area contributed by atoms with Gasteiger partial charge >= 0.3 is 0 Å². The molecule has 33 heavy (non-hydrogen) atoms. The maximum absolute atomic E-state index is 13.3. The highest BCUT2D eigenvalue weighted by atomic mass is 79.9. The lowest BCUT2D eigenvalue weighted by atomic mass is 10.1. The molecular weight excluding hydrogens is 548 g/mol. The van der Waals surface area contributed by atoms with Crippen LogP contribution in [0.15, 0.2) is 69.6 Å². The number of nitrogens with zero attached hydrogens (tertiary/aromatic N) is 1. The maximum Gasteiger partial charge on any atom is 0.261 e. The van der Waals surface area contributed by atoms with Crippen molar-refractivity contribution >= 4 is 54.4 Å². The first-order valence-electron chi connectivity index (χ1n) is 10.9. The molecular formula is C26H28Br2N2O3. The van der Waals surface area contributed by atoms with Gasteiger partial charge in [-0.05, 0) is 70.7 Å². The highest BCUT2D eigenvalue weighted by Gasteiger charge is 2.27. The van der Waals surface area contributed by atoms with Crippen LogP contribution >= 0.6 is 31.9 Å². The molecule has 0 spiro atoms. The van der Waals surface area contributed by atoms with Crippen molar-refractivity contribution in [3.63, 3.8) is 0 Å². The minimum Gasteiger partial charge on any atom is -0.483 e. The van der Waals surface area contributed by atoms with Gasteiger partial charge in [-0.3, -0.25) is 9.59 Å². The Morgan fingerprint density at radius 2 is 1.79 bits per heavy atom. The average Bonchev–Trinajstić information content (AvgIpc) is 2.81. The summed E-state index contributed by atoms with van der Waals surface area (Å²) < 4.78 is 7.62. The Morgan fingerprint density at radius 1 is 1.03 bits per heavy atom. The molecule has 3 aromatic rings. The zero-order chi connectivity index (χ0) is 24.0. The smallest absolute Gasteiger partial charge is 0.261 e. The number of hydrogen-bond acceptors (Lipinski definition) is 3. The second-order valence-corrected chi connectivity index (χ2v) is 9.74. The molecule has 0 aliphatic carbocycles. The van der Waals surface area contributed by atoms with E-state index in [1.54, 1.807) is 11.8 Å². The summed E-state index contributed by atoms with van der Waals surface area (Å²) in [6, 6.07) is 18.9. The second kappa shape index (κ2) is 11.7. The number of ether oxygens (including phenoxy) is 1. The summed E-state index contributed by atoms with van der Waals surface area (Å²) in [5.74, 6) is 0.141. The van der Waals surface area contributed by atoms with Gasteiger partial charge in [0.05, 0.1) is 4.47 Å². The molecule has 7 heteroatoms. The van der Waals surface area contributed by atoms with Crippen LogP contribution in [0.1, 0.15) is 32.8 Å². The number of halogens is 2. The van der Waals surface area contributed by atoms with Gasteiger partial charge in [0.1, 0.15) is 11.8 Å². The van der Waals surface area contributed by atoms with Crippen molar-refractivity contribution in [3.05, 3.63) is 75.2 Å². The van der Waals surface area contributed by atoms with E-state index in [2.05, 4.69) is 37.2 Å². The number of carbonyl (C=O) groups is 2. The van der Waals surface area contributed by atoms with Crippen LogP contribution in [0.5, 0.6) is 5.75 Å². The average molecular weight is 576 g/mol. The summed E-state index contributed by atoms with van der Waals surface area (Å²) in [7, 11) is 0. The second-order valence-electron chi connectivity index (χ2n) is 8.03. The van der Waals surface area contributed by atoms with Crippen LogP contribution in [0, 0.1) is 0 Å². The lowest BCUT2D eigenvalue weighted by molar-refractivity contribution is -0.142. The number of rotatable bonds is 9. The Balaban J connectivity index is 1.79. The van der Waals surface area contributed by atoms with Gasteiger partial charge in [0.25, 0.3) is 5.91 Å². The number of nitrogens with one attached hydrogen (secondary N) is 1. The molecule has 0 heterocycles. The third-order valence-corrected chi connectivity index (χ3v) is 6.90. The monoisotopic (exact) mass is 574 g/mol. The van der Waals surface area contributed by atoms with Crippen molar-refractivity contribution in [2.75, 3.05) is 6.61 Å². The van der Waals surface area contributed by atoms with Crippen molar-refractivity contribution in [2.24, 2.45) is 0 Å². The van der Waals surface area contributed by atoms with Crippen LogP contribution in [-0.2, 0) is 16.1 Å². The fourth-order valence-corrected chi connectivity index (χ4v) is 4.48. The summed E-state index contributed by atoms with van der Waals surface area (Å²) in [5, 5.41) is 5.06. The molecule has 0 radical (unpaired) electrons. The van der Waals surface area contributed by atoms with E-state index in [9.17, 15) is 9.59 Å². The highest BCUT2D eigenvalue weighted by Crippen LogP contribution is 2.33. The number of fused-ring (bicyclic) bond motifs is 1. The summed E-state index contributed by atoms with van der Waals surface area (Å²) in [5.41, 5.74) is 0.924. The third-order valence-electron chi connectivity index (χ3n) is 5.59. The summed E-state index contributed by atoms with van der Waals surface area (Å²) in [4.78, 5) is 27.7. The van der Waals surface area contributed by atoms with E-state index >= 15 is 0 Å². The van der Waals surface area contributed by atoms with E-state index in [1.807, 2.05) is 74.5 Å². The van der Waals surface area contributed by atoms with Gasteiger partial charge in [-0.15, -0.1) is 0 Å². The van der Waals surface area contributed by atoms with Crippen LogP contribution in [0.2, 0.25) is 0 Å². The first kappa shape index (κ1) is 25.2. The molecule has 0 fully saturated rings. The molecule has 0 saturated heterocycles. The van der Waals surface area contributed by atoms with Crippen molar-refractivity contribution in [1.29, 1.82) is 0 Å². The van der Waals surface area contributed by atoms with Gasteiger partial charge < -0.3 is 15.0 Å². The molecule has 2 atom stereocenters. The van der Waals surface area contributed by atoms with Gasteiger partial charge in [0.2, 0.25) is 5.91 Å². The Labute approximate surface area is 211 Å². The zero-order valence-corrected chi connectivity index (χ0v) is 22.1. The fourth-order valence-electron chi connectivity index (χ4n) is 3.43. The molecule has 0 saturated carbocycles. The van der Waals surface area contributed by atoms with E-state index in [0.29, 0.717) is 12.3 Å². The molecule has 0 aliphatic heterocycles. The molecule has 0 bridgehead atoms. The van der Waals surface area contributed by atoms with Gasteiger partial charge in [0, 0.05) is 17.1 Å². The van der Waals surface area contributed by atoms with Gasteiger partial charge in [-0.1, -0.05) is 65.3 Å². The largest absolute Gasteiger partial charge is 0.483 e.